The van der Waals surface area contributed by atoms with Crippen molar-refractivity contribution in [1.82, 2.24) is 4.90 Å². The monoisotopic (exact) mass is 285 g/mol. The van der Waals surface area contributed by atoms with Crippen molar-refractivity contribution >= 4 is 0 Å². The van der Waals surface area contributed by atoms with Crippen molar-refractivity contribution < 1.29 is 14.6 Å². The Morgan fingerprint density at radius 1 is 1.15 bits per heavy atom. The molecule has 0 radical (unpaired) electrons. The summed E-state index contributed by atoms with van der Waals surface area (Å²) in [5, 5.41) is 10.5. The van der Waals surface area contributed by atoms with Gasteiger partial charge in [0.05, 0.1) is 17.3 Å². The summed E-state index contributed by atoms with van der Waals surface area (Å²) in [6, 6.07) is 0. The number of methoxy groups -OCH3 is 1. The lowest BCUT2D eigenvalue weighted by molar-refractivity contribution is -0.0915. The molecular weight excluding hydrogens is 254 g/mol. The molecule has 4 nitrogen and oxygen atoms in total. The largest absolute Gasteiger partial charge is 0.390 e. The lowest BCUT2D eigenvalue weighted by Gasteiger charge is -2.36. The second kappa shape index (κ2) is 5.91. The molecule has 0 aromatic heterocycles. The van der Waals surface area contributed by atoms with Crippen LogP contribution in [0.5, 0.6) is 0 Å². The van der Waals surface area contributed by atoms with Gasteiger partial charge in [0, 0.05) is 26.2 Å². The molecule has 2 aliphatic heterocycles. The molecule has 1 N–H and O–H groups in total. The molecule has 118 valence electrons. The van der Waals surface area contributed by atoms with E-state index in [1.807, 2.05) is 13.8 Å². The van der Waals surface area contributed by atoms with E-state index in [4.69, 9.17) is 9.47 Å². The molecule has 2 saturated heterocycles. The first kappa shape index (κ1) is 16.2. The Labute approximate surface area is 123 Å². The minimum atomic E-state index is -0.442. The van der Waals surface area contributed by atoms with Gasteiger partial charge < -0.3 is 19.5 Å². The van der Waals surface area contributed by atoms with Gasteiger partial charge in [0.1, 0.15) is 0 Å². The van der Waals surface area contributed by atoms with Crippen LogP contribution in [0.2, 0.25) is 0 Å². The molecule has 4 heteroatoms. The van der Waals surface area contributed by atoms with Crippen LogP contribution in [0.1, 0.15) is 40.5 Å². The zero-order valence-corrected chi connectivity index (χ0v) is 13.7. The summed E-state index contributed by atoms with van der Waals surface area (Å²) in [6.45, 7) is 12.2. The lowest BCUT2D eigenvalue weighted by Crippen LogP contribution is -2.46. The van der Waals surface area contributed by atoms with Crippen LogP contribution in [-0.2, 0) is 9.47 Å². The van der Waals surface area contributed by atoms with Gasteiger partial charge in [-0.25, -0.2) is 0 Å². The Hall–Kier alpha value is -0.160. The van der Waals surface area contributed by atoms with Crippen molar-refractivity contribution in [3.05, 3.63) is 0 Å². The molecule has 2 fully saturated rings. The van der Waals surface area contributed by atoms with Crippen LogP contribution in [0, 0.1) is 11.8 Å². The number of rotatable bonds is 4. The van der Waals surface area contributed by atoms with Crippen LogP contribution in [0.4, 0.5) is 0 Å². The third-order valence-electron chi connectivity index (χ3n) is 5.08. The Bertz CT molecular complexity index is 322. The van der Waals surface area contributed by atoms with Crippen LogP contribution in [-0.4, -0.2) is 60.7 Å². The molecule has 0 spiro atoms. The van der Waals surface area contributed by atoms with Gasteiger partial charge >= 0.3 is 0 Å². The lowest BCUT2D eigenvalue weighted by atomic mass is 9.83. The Balaban J connectivity index is 1.91. The number of aliphatic hydroxyl groups is 1. The first-order valence-corrected chi connectivity index (χ1v) is 7.86. The van der Waals surface area contributed by atoms with Crippen molar-refractivity contribution in [2.24, 2.45) is 11.8 Å². The number of ether oxygens (including phenoxy) is 2. The van der Waals surface area contributed by atoms with Crippen molar-refractivity contribution in [2.45, 2.75) is 57.8 Å². The molecule has 2 aliphatic rings. The maximum Gasteiger partial charge on any atom is 0.0896 e. The van der Waals surface area contributed by atoms with Crippen LogP contribution < -0.4 is 0 Å². The second-order valence-corrected chi connectivity index (χ2v) is 7.56. The highest BCUT2D eigenvalue weighted by Crippen LogP contribution is 2.42. The third-order valence-corrected chi connectivity index (χ3v) is 5.08. The molecule has 0 aliphatic carbocycles. The van der Waals surface area contributed by atoms with Crippen LogP contribution >= 0.6 is 0 Å². The quantitative estimate of drug-likeness (QED) is 0.857. The molecule has 0 aromatic rings. The zero-order chi connectivity index (χ0) is 15.0. The number of aliphatic hydroxyl groups excluding tert-OH is 1. The number of hydrogen-bond donors (Lipinski definition) is 1. The van der Waals surface area contributed by atoms with Gasteiger partial charge in [-0.05, 0) is 59.5 Å². The fourth-order valence-electron chi connectivity index (χ4n) is 3.85. The molecule has 0 bridgehead atoms. The summed E-state index contributed by atoms with van der Waals surface area (Å²) >= 11 is 0. The summed E-state index contributed by atoms with van der Waals surface area (Å²) in [7, 11) is 1.78. The fourth-order valence-corrected chi connectivity index (χ4v) is 3.85. The van der Waals surface area contributed by atoms with Gasteiger partial charge in [0.25, 0.3) is 0 Å². The highest BCUT2D eigenvalue weighted by molar-refractivity contribution is 5.02. The van der Waals surface area contributed by atoms with Gasteiger partial charge in [-0.1, -0.05) is 0 Å². The maximum atomic E-state index is 10.5. The van der Waals surface area contributed by atoms with E-state index in [-0.39, 0.29) is 11.5 Å². The summed E-state index contributed by atoms with van der Waals surface area (Å²) in [6.07, 6.45) is 2.00. The molecule has 2 heterocycles. The molecule has 2 rings (SSSR count). The van der Waals surface area contributed by atoms with Gasteiger partial charge in [-0.2, -0.15) is 0 Å². The average Bonchev–Trinajstić information content (AvgIpc) is 2.50. The highest BCUT2D eigenvalue weighted by atomic mass is 16.5. The van der Waals surface area contributed by atoms with E-state index in [0.717, 1.165) is 26.2 Å². The van der Waals surface area contributed by atoms with Crippen LogP contribution in [0.25, 0.3) is 0 Å². The van der Waals surface area contributed by atoms with E-state index < -0.39 is 11.7 Å². The molecule has 0 aromatic carbocycles. The Kier molecular flexibility index (Phi) is 4.80. The maximum absolute atomic E-state index is 10.5. The van der Waals surface area contributed by atoms with Crippen molar-refractivity contribution in [1.29, 1.82) is 0 Å². The normalized spacial score (nSPS) is 34.5. The summed E-state index contributed by atoms with van der Waals surface area (Å²) < 4.78 is 11.3. The van der Waals surface area contributed by atoms with Crippen molar-refractivity contribution in [3.8, 4) is 0 Å². The van der Waals surface area contributed by atoms with E-state index in [2.05, 4.69) is 18.7 Å². The highest BCUT2D eigenvalue weighted by Gasteiger charge is 2.53. The molecule has 20 heavy (non-hydrogen) atoms. The predicted molar refractivity (Wildman–Crippen MR) is 79.8 cm³/mol. The number of nitrogens with zero attached hydrogens (tertiary/aromatic N) is 1. The SMILES string of the molecule is COCC1CCN(CC2C(O)C(C)(C)OC2(C)C)CC1. The molecule has 2 unspecified atom stereocenters. The summed E-state index contributed by atoms with van der Waals surface area (Å²) in [5.74, 6) is 0.877. The van der Waals surface area contributed by atoms with E-state index in [0.29, 0.717) is 5.92 Å². The zero-order valence-electron chi connectivity index (χ0n) is 13.7. The van der Waals surface area contributed by atoms with Gasteiger partial charge in [0.15, 0.2) is 0 Å². The second-order valence-electron chi connectivity index (χ2n) is 7.56. The standard InChI is InChI=1S/C16H31NO3/c1-15(2)13(14(18)16(3,4)20-15)10-17-8-6-12(7-9-17)11-19-5/h12-14,18H,6-11H2,1-5H3. The van der Waals surface area contributed by atoms with Gasteiger partial charge in [0.2, 0.25) is 0 Å². The molecule has 0 saturated carbocycles. The molecule has 0 amide bonds. The number of hydrogen-bond acceptors (Lipinski definition) is 4. The van der Waals surface area contributed by atoms with E-state index in [1.165, 1.54) is 12.8 Å². The van der Waals surface area contributed by atoms with Gasteiger partial charge in [-0.3, -0.25) is 0 Å². The van der Waals surface area contributed by atoms with Gasteiger partial charge in [-0.15, -0.1) is 0 Å². The topological polar surface area (TPSA) is 41.9 Å². The van der Waals surface area contributed by atoms with Crippen LogP contribution in [0.15, 0.2) is 0 Å². The summed E-state index contributed by atoms with van der Waals surface area (Å²) in [4.78, 5) is 2.48. The molecule has 2 atom stereocenters. The smallest absolute Gasteiger partial charge is 0.0896 e. The number of likely N-dealkylation sites (tertiary alicyclic amines) is 1. The number of piperidine rings is 1. The molecular formula is C16H31NO3. The third kappa shape index (κ3) is 3.35. The Morgan fingerprint density at radius 2 is 1.75 bits per heavy atom. The van der Waals surface area contributed by atoms with E-state index in [9.17, 15) is 5.11 Å². The predicted octanol–water partition coefficient (Wildman–Crippen LogP) is 1.91. The minimum absolute atomic E-state index is 0.177. The fraction of sp³-hybridized carbons (Fsp3) is 1.00. The first-order chi connectivity index (χ1) is 9.26. The van der Waals surface area contributed by atoms with Crippen molar-refractivity contribution in [2.75, 3.05) is 33.4 Å². The minimum Gasteiger partial charge on any atom is -0.390 e. The van der Waals surface area contributed by atoms with E-state index >= 15 is 0 Å². The van der Waals surface area contributed by atoms with E-state index in [1.54, 1.807) is 7.11 Å². The summed E-state index contributed by atoms with van der Waals surface area (Å²) in [5.41, 5.74) is -0.700. The van der Waals surface area contributed by atoms with Crippen molar-refractivity contribution in [3.63, 3.8) is 0 Å². The Morgan fingerprint density at radius 3 is 2.20 bits per heavy atom. The first-order valence-electron chi connectivity index (χ1n) is 7.86. The average molecular weight is 285 g/mol. The van der Waals surface area contributed by atoms with Crippen LogP contribution in [0.3, 0.4) is 0 Å².